The van der Waals surface area contributed by atoms with Crippen LogP contribution in [-0.4, -0.2) is 8.42 Å². The predicted molar refractivity (Wildman–Crippen MR) is 91.4 cm³/mol. The molecule has 4 rings (SSSR count). The molecule has 0 unspecified atom stereocenters. The lowest BCUT2D eigenvalue weighted by Crippen LogP contribution is -1.91. The van der Waals surface area contributed by atoms with Gasteiger partial charge in [-0.15, -0.1) is 0 Å². The summed E-state index contributed by atoms with van der Waals surface area (Å²) in [6.45, 7) is 0. The van der Waals surface area contributed by atoms with Crippen LogP contribution in [0.25, 0.3) is 15.7 Å². The summed E-state index contributed by atoms with van der Waals surface area (Å²) in [5.41, 5.74) is 0.792. The predicted octanol–water partition coefficient (Wildman–Crippen LogP) is 4.72. The van der Waals surface area contributed by atoms with E-state index in [2.05, 4.69) is 18.2 Å². The maximum Gasteiger partial charge on any atom is 0.201 e. The quantitative estimate of drug-likeness (QED) is 0.684. The number of thioether (sulfide) groups is 1. The SMILES string of the molecule is O=S1(=O)C=C(Sc2cccc3ccccc23)c2ccccc21. The Hall–Kier alpha value is -2.04. The normalized spacial score (nSPS) is 15.5. The molecule has 2 nitrogen and oxygen atoms in total. The molecule has 4 heteroatoms. The maximum atomic E-state index is 12.2. The van der Waals surface area contributed by atoms with Gasteiger partial charge in [0.15, 0.2) is 0 Å². The van der Waals surface area contributed by atoms with Gasteiger partial charge in [0.25, 0.3) is 0 Å². The molecule has 0 saturated carbocycles. The van der Waals surface area contributed by atoms with Gasteiger partial charge in [0.05, 0.1) is 10.3 Å². The monoisotopic (exact) mass is 324 g/mol. The van der Waals surface area contributed by atoms with Crippen molar-refractivity contribution in [1.82, 2.24) is 0 Å². The lowest BCUT2D eigenvalue weighted by atomic mass is 10.1. The standard InChI is InChI=1S/C18H12O2S2/c19-22(20)12-17(15-9-3-4-11-18(15)22)21-16-10-5-7-13-6-1-2-8-14(13)16/h1-12H. The molecule has 108 valence electrons. The van der Waals surface area contributed by atoms with Gasteiger partial charge < -0.3 is 0 Å². The summed E-state index contributed by atoms with van der Waals surface area (Å²) < 4.78 is 24.5. The minimum absolute atomic E-state index is 0.401. The van der Waals surface area contributed by atoms with E-state index in [1.165, 1.54) is 17.2 Å². The second-order valence-corrected chi connectivity index (χ2v) is 7.95. The largest absolute Gasteiger partial charge is 0.219 e. The van der Waals surface area contributed by atoms with Gasteiger partial charge in [-0.3, -0.25) is 0 Å². The van der Waals surface area contributed by atoms with E-state index in [0.717, 1.165) is 26.1 Å². The molecule has 0 spiro atoms. The number of sulfone groups is 1. The summed E-state index contributed by atoms with van der Waals surface area (Å²) in [4.78, 5) is 2.25. The fourth-order valence-corrected chi connectivity index (χ4v) is 5.56. The molecule has 1 aliphatic rings. The number of fused-ring (bicyclic) bond motifs is 2. The van der Waals surface area contributed by atoms with E-state index in [1.807, 2.05) is 36.4 Å². The molecular formula is C18H12O2S2. The number of rotatable bonds is 2. The number of benzene rings is 3. The van der Waals surface area contributed by atoms with Crippen molar-refractivity contribution in [3.05, 3.63) is 77.7 Å². The third kappa shape index (κ3) is 2.16. The lowest BCUT2D eigenvalue weighted by Gasteiger charge is -2.07. The molecule has 0 N–H and O–H groups in total. The first kappa shape index (κ1) is 13.6. The maximum absolute atomic E-state index is 12.2. The van der Waals surface area contributed by atoms with Gasteiger partial charge in [-0.2, -0.15) is 0 Å². The Morgan fingerprint density at radius 2 is 1.50 bits per heavy atom. The van der Waals surface area contributed by atoms with Crippen LogP contribution < -0.4 is 0 Å². The van der Waals surface area contributed by atoms with Crippen LogP contribution >= 0.6 is 11.8 Å². The molecule has 0 fully saturated rings. The van der Waals surface area contributed by atoms with Crippen molar-refractivity contribution in [1.29, 1.82) is 0 Å². The van der Waals surface area contributed by atoms with Crippen LogP contribution in [0, 0.1) is 0 Å². The summed E-state index contributed by atoms with van der Waals surface area (Å²) in [7, 11) is -3.31. The second-order valence-electron chi connectivity index (χ2n) is 5.10. The van der Waals surface area contributed by atoms with Crippen molar-refractivity contribution in [3.8, 4) is 0 Å². The Morgan fingerprint density at radius 1 is 0.773 bits per heavy atom. The molecular weight excluding hydrogens is 312 g/mol. The van der Waals surface area contributed by atoms with E-state index in [-0.39, 0.29) is 0 Å². The first-order chi connectivity index (χ1) is 10.6. The highest BCUT2D eigenvalue weighted by Crippen LogP contribution is 2.44. The van der Waals surface area contributed by atoms with Crippen LogP contribution in [0.1, 0.15) is 5.56 Å². The summed E-state index contributed by atoms with van der Waals surface area (Å²) in [6, 6.07) is 21.4. The molecule has 0 bridgehead atoms. The van der Waals surface area contributed by atoms with Crippen molar-refractivity contribution < 1.29 is 8.42 Å². The van der Waals surface area contributed by atoms with Gasteiger partial charge in [-0.25, -0.2) is 8.42 Å². The molecule has 0 atom stereocenters. The summed E-state index contributed by atoms with van der Waals surface area (Å²) in [5.74, 6) is 0. The first-order valence-corrected chi connectivity index (χ1v) is 9.23. The average molecular weight is 324 g/mol. The molecule has 0 aliphatic carbocycles. The van der Waals surface area contributed by atoms with Crippen molar-refractivity contribution in [2.45, 2.75) is 9.79 Å². The van der Waals surface area contributed by atoms with Crippen LogP contribution in [0.3, 0.4) is 0 Å². The highest BCUT2D eigenvalue weighted by molar-refractivity contribution is 8.10. The van der Waals surface area contributed by atoms with E-state index < -0.39 is 9.84 Å². The zero-order valence-corrected chi connectivity index (χ0v) is 13.2. The Labute approximate surface area is 133 Å². The second kappa shape index (κ2) is 5.00. The van der Waals surface area contributed by atoms with Crippen molar-refractivity contribution in [2.24, 2.45) is 0 Å². The van der Waals surface area contributed by atoms with Gasteiger partial charge in [0.2, 0.25) is 9.84 Å². The summed E-state index contributed by atoms with van der Waals surface area (Å²) >= 11 is 1.51. The minimum atomic E-state index is -3.31. The molecule has 3 aromatic rings. The van der Waals surface area contributed by atoms with Gasteiger partial charge in [0.1, 0.15) is 0 Å². The topological polar surface area (TPSA) is 34.1 Å². The van der Waals surface area contributed by atoms with Crippen molar-refractivity contribution >= 4 is 37.3 Å². The molecule has 0 aromatic heterocycles. The van der Waals surface area contributed by atoms with Gasteiger partial charge >= 0.3 is 0 Å². The Morgan fingerprint density at radius 3 is 2.41 bits per heavy atom. The lowest BCUT2D eigenvalue weighted by molar-refractivity contribution is 0.605. The van der Waals surface area contributed by atoms with E-state index in [0.29, 0.717) is 4.90 Å². The van der Waals surface area contributed by atoms with Crippen LogP contribution in [-0.2, 0) is 9.84 Å². The smallest absolute Gasteiger partial charge is 0.201 e. The highest BCUT2D eigenvalue weighted by atomic mass is 32.2. The van der Waals surface area contributed by atoms with Crippen LogP contribution in [0.2, 0.25) is 0 Å². The van der Waals surface area contributed by atoms with Crippen molar-refractivity contribution in [2.75, 3.05) is 0 Å². The van der Waals surface area contributed by atoms with Gasteiger partial charge in [-0.05, 0) is 22.9 Å². The zero-order valence-electron chi connectivity index (χ0n) is 11.6. The number of hydrogen-bond acceptors (Lipinski definition) is 3. The minimum Gasteiger partial charge on any atom is -0.219 e. The van der Waals surface area contributed by atoms with E-state index in [9.17, 15) is 8.42 Å². The fraction of sp³-hybridized carbons (Fsp3) is 0. The summed E-state index contributed by atoms with van der Waals surface area (Å²) in [6.07, 6.45) is 0. The van der Waals surface area contributed by atoms with E-state index >= 15 is 0 Å². The van der Waals surface area contributed by atoms with Gasteiger partial charge in [-0.1, -0.05) is 66.4 Å². The van der Waals surface area contributed by atoms with E-state index in [4.69, 9.17) is 0 Å². The molecule has 0 radical (unpaired) electrons. The average Bonchev–Trinajstić information content (AvgIpc) is 2.79. The third-order valence-electron chi connectivity index (χ3n) is 3.69. The third-order valence-corrected chi connectivity index (χ3v) is 6.49. The molecule has 1 aliphatic heterocycles. The fourth-order valence-electron chi connectivity index (χ4n) is 2.67. The first-order valence-electron chi connectivity index (χ1n) is 6.87. The molecule has 0 amide bonds. The van der Waals surface area contributed by atoms with Crippen LogP contribution in [0.15, 0.2) is 81.9 Å². The Bertz CT molecular complexity index is 1010. The Kier molecular flexibility index (Phi) is 3.10. The van der Waals surface area contributed by atoms with E-state index in [1.54, 1.807) is 12.1 Å². The molecule has 1 heterocycles. The zero-order chi connectivity index (χ0) is 15.2. The molecule has 0 saturated heterocycles. The Balaban J connectivity index is 1.85. The van der Waals surface area contributed by atoms with Crippen LogP contribution in [0.5, 0.6) is 0 Å². The van der Waals surface area contributed by atoms with Crippen molar-refractivity contribution in [3.63, 3.8) is 0 Å². The number of hydrogen-bond donors (Lipinski definition) is 0. The summed E-state index contributed by atoms with van der Waals surface area (Å²) in [5, 5.41) is 3.67. The molecule has 22 heavy (non-hydrogen) atoms. The molecule has 3 aromatic carbocycles. The highest BCUT2D eigenvalue weighted by Gasteiger charge is 2.27. The van der Waals surface area contributed by atoms with Gasteiger partial charge in [0, 0.05) is 15.4 Å². The van der Waals surface area contributed by atoms with Crippen LogP contribution in [0.4, 0.5) is 0 Å².